The molecule has 0 radical (unpaired) electrons. The molecular formula is C25H21N3O5S. The largest absolute Gasteiger partial charge is 0.493 e. The molecule has 8 nitrogen and oxygen atoms in total. The summed E-state index contributed by atoms with van der Waals surface area (Å²) in [6.07, 6.45) is 3.07. The van der Waals surface area contributed by atoms with Crippen LogP contribution in [0.2, 0.25) is 0 Å². The third kappa shape index (κ3) is 6.15. The number of ether oxygens (including phenoxy) is 2. The first-order chi connectivity index (χ1) is 16.4. The number of amides is 1. The van der Waals surface area contributed by atoms with E-state index in [4.69, 9.17) is 9.47 Å². The van der Waals surface area contributed by atoms with Gasteiger partial charge in [0.25, 0.3) is 11.6 Å². The highest BCUT2D eigenvalue weighted by Gasteiger charge is 2.21. The number of nitriles is 1. The van der Waals surface area contributed by atoms with E-state index < -0.39 is 10.8 Å². The Hall–Kier alpha value is -4.29. The topological polar surface area (TPSA) is 114 Å². The van der Waals surface area contributed by atoms with E-state index in [2.05, 4.69) is 5.32 Å². The van der Waals surface area contributed by atoms with E-state index in [1.54, 1.807) is 18.2 Å². The number of hydrogen-bond acceptors (Lipinski definition) is 7. The Kier molecular flexibility index (Phi) is 8.26. The van der Waals surface area contributed by atoms with Crippen molar-refractivity contribution >= 4 is 35.1 Å². The second kappa shape index (κ2) is 11.5. The molecule has 3 aromatic rings. The quantitative estimate of drug-likeness (QED) is 0.144. The molecule has 3 rings (SSSR count). The maximum Gasteiger partial charge on any atom is 0.280 e. The second-order valence-corrected chi connectivity index (χ2v) is 7.83. The van der Waals surface area contributed by atoms with Crippen LogP contribution in [0.5, 0.6) is 11.5 Å². The van der Waals surface area contributed by atoms with E-state index in [9.17, 15) is 20.2 Å². The fourth-order valence-electron chi connectivity index (χ4n) is 3.05. The van der Waals surface area contributed by atoms with Crippen molar-refractivity contribution in [1.29, 1.82) is 5.26 Å². The molecule has 0 unspecified atom stereocenters. The monoisotopic (exact) mass is 475 g/mol. The average molecular weight is 476 g/mol. The van der Waals surface area contributed by atoms with E-state index in [1.165, 1.54) is 31.0 Å². The molecule has 0 fully saturated rings. The van der Waals surface area contributed by atoms with Crippen LogP contribution in [0.4, 0.5) is 11.4 Å². The number of nitrogens with zero attached hydrogens (tertiary/aromatic N) is 2. The Morgan fingerprint density at radius 2 is 1.91 bits per heavy atom. The lowest BCUT2D eigenvalue weighted by molar-refractivity contribution is -0.385. The lowest BCUT2D eigenvalue weighted by Crippen LogP contribution is -2.13. The number of nitrogens with one attached hydrogen (secondary N) is 1. The Labute approximate surface area is 201 Å². The molecule has 0 atom stereocenters. The van der Waals surface area contributed by atoms with Gasteiger partial charge in [0.05, 0.1) is 23.7 Å². The molecule has 0 aromatic heterocycles. The Balaban J connectivity index is 1.92. The molecule has 9 heteroatoms. The molecule has 0 spiro atoms. The minimum absolute atomic E-state index is 0.0403. The molecule has 3 aromatic carbocycles. The number of methoxy groups -OCH3 is 1. The highest BCUT2D eigenvalue weighted by molar-refractivity contribution is 7.98. The van der Waals surface area contributed by atoms with Crippen LogP contribution in [-0.2, 0) is 11.4 Å². The van der Waals surface area contributed by atoms with Gasteiger partial charge in [-0.25, -0.2) is 0 Å². The summed E-state index contributed by atoms with van der Waals surface area (Å²) in [6, 6.07) is 20.9. The normalized spacial score (nSPS) is 10.8. The molecular weight excluding hydrogens is 454 g/mol. The van der Waals surface area contributed by atoms with Crippen molar-refractivity contribution in [3.8, 4) is 17.6 Å². The van der Waals surface area contributed by atoms with Gasteiger partial charge in [0.1, 0.15) is 18.2 Å². The maximum absolute atomic E-state index is 12.7. The molecule has 1 N–H and O–H groups in total. The molecule has 0 aliphatic carbocycles. The first-order valence-electron chi connectivity index (χ1n) is 10.1. The standard InChI is InChI=1S/C25H21N3O5S/c1-32-23-12-18(11-19(15-26)25(29)27-20-9-6-10-21(13-20)34-2)22(28(30)31)14-24(23)33-16-17-7-4-3-5-8-17/h3-14H,16H2,1-2H3,(H,27,29). The number of nitro groups is 1. The number of carbonyl (C=O) groups excluding carboxylic acids is 1. The van der Waals surface area contributed by atoms with Gasteiger partial charge in [-0.3, -0.25) is 14.9 Å². The molecule has 1 amide bonds. The van der Waals surface area contributed by atoms with Crippen molar-refractivity contribution < 1.29 is 19.2 Å². The zero-order valence-electron chi connectivity index (χ0n) is 18.5. The highest BCUT2D eigenvalue weighted by atomic mass is 32.2. The molecule has 0 heterocycles. The first kappa shape index (κ1) is 24.4. The summed E-state index contributed by atoms with van der Waals surface area (Å²) in [4.78, 5) is 24.8. The molecule has 0 aliphatic heterocycles. The lowest BCUT2D eigenvalue weighted by Gasteiger charge is -2.12. The van der Waals surface area contributed by atoms with Crippen molar-refractivity contribution in [2.24, 2.45) is 0 Å². The fraction of sp³-hybridized carbons (Fsp3) is 0.120. The van der Waals surface area contributed by atoms with Gasteiger partial charge in [0.15, 0.2) is 11.5 Å². The van der Waals surface area contributed by atoms with Crippen LogP contribution in [0.15, 0.2) is 77.2 Å². The van der Waals surface area contributed by atoms with Gasteiger partial charge in [0.2, 0.25) is 0 Å². The van der Waals surface area contributed by atoms with Gasteiger partial charge in [-0.05, 0) is 42.2 Å². The fourth-order valence-corrected chi connectivity index (χ4v) is 3.51. The van der Waals surface area contributed by atoms with Crippen LogP contribution < -0.4 is 14.8 Å². The van der Waals surface area contributed by atoms with Crippen molar-refractivity contribution in [1.82, 2.24) is 0 Å². The summed E-state index contributed by atoms with van der Waals surface area (Å²) in [5.41, 5.74) is 0.810. The van der Waals surface area contributed by atoms with Crippen LogP contribution in [0.3, 0.4) is 0 Å². The Morgan fingerprint density at radius 3 is 2.56 bits per heavy atom. The smallest absolute Gasteiger partial charge is 0.280 e. The van der Waals surface area contributed by atoms with Gasteiger partial charge in [-0.2, -0.15) is 5.26 Å². The predicted octanol–water partition coefficient (Wildman–Crippen LogP) is 5.45. The number of hydrogen-bond donors (Lipinski definition) is 1. The molecule has 34 heavy (non-hydrogen) atoms. The molecule has 172 valence electrons. The van der Waals surface area contributed by atoms with Gasteiger partial charge in [-0.1, -0.05) is 36.4 Å². The van der Waals surface area contributed by atoms with Gasteiger partial charge >= 0.3 is 0 Å². The van der Waals surface area contributed by atoms with Crippen molar-refractivity contribution in [3.05, 3.63) is 93.5 Å². The molecule has 0 aliphatic rings. The molecule has 0 saturated carbocycles. The second-order valence-electron chi connectivity index (χ2n) is 6.95. The summed E-state index contributed by atoms with van der Waals surface area (Å²) in [7, 11) is 1.40. The molecule has 0 saturated heterocycles. The minimum atomic E-state index is -0.682. The SMILES string of the molecule is COc1cc(C=C(C#N)C(=O)Nc2cccc(SC)c2)c([N+](=O)[O-])cc1OCc1ccccc1. The average Bonchev–Trinajstić information content (AvgIpc) is 2.86. The number of nitro benzene ring substituents is 1. The lowest BCUT2D eigenvalue weighted by atomic mass is 10.1. The Morgan fingerprint density at radius 1 is 1.15 bits per heavy atom. The zero-order chi connectivity index (χ0) is 24.5. The number of benzene rings is 3. The van der Waals surface area contributed by atoms with Crippen LogP contribution in [0.25, 0.3) is 6.08 Å². The number of rotatable bonds is 9. The maximum atomic E-state index is 12.7. The van der Waals surface area contributed by atoms with Gasteiger partial charge < -0.3 is 14.8 Å². The minimum Gasteiger partial charge on any atom is -0.493 e. The summed E-state index contributed by atoms with van der Waals surface area (Å²) < 4.78 is 11.1. The predicted molar refractivity (Wildman–Crippen MR) is 131 cm³/mol. The number of thioether (sulfide) groups is 1. The number of anilines is 1. The summed E-state index contributed by atoms with van der Waals surface area (Å²) in [6.45, 7) is 0.185. The number of carbonyl (C=O) groups is 1. The summed E-state index contributed by atoms with van der Waals surface area (Å²) >= 11 is 1.51. The van der Waals surface area contributed by atoms with E-state index in [1.807, 2.05) is 48.7 Å². The summed E-state index contributed by atoms with van der Waals surface area (Å²) in [5, 5.41) is 23.9. The van der Waals surface area contributed by atoms with Crippen molar-refractivity contribution in [2.75, 3.05) is 18.7 Å². The van der Waals surface area contributed by atoms with E-state index in [-0.39, 0.29) is 34.9 Å². The van der Waals surface area contributed by atoms with Crippen molar-refractivity contribution in [3.63, 3.8) is 0 Å². The van der Waals surface area contributed by atoms with Crippen LogP contribution >= 0.6 is 11.8 Å². The molecule has 0 bridgehead atoms. The van der Waals surface area contributed by atoms with Gasteiger partial charge in [-0.15, -0.1) is 11.8 Å². The van der Waals surface area contributed by atoms with Gasteiger partial charge in [0, 0.05) is 10.6 Å². The first-order valence-corrected chi connectivity index (χ1v) is 11.3. The van der Waals surface area contributed by atoms with E-state index in [0.717, 1.165) is 16.5 Å². The third-order valence-corrected chi connectivity index (χ3v) is 5.46. The third-order valence-electron chi connectivity index (χ3n) is 4.74. The van der Waals surface area contributed by atoms with Crippen LogP contribution in [0.1, 0.15) is 11.1 Å². The van der Waals surface area contributed by atoms with E-state index in [0.29, 0.717) is 5.69 Å². The van der Waals surface area contributed by atoms with Crippen LogP contribution in [0, 0.1) is 21.4 Å². The van der Waals surface area contributed by atoms with Crippen molar-refractivity contribution in [2.45, 2.75) is 11.5 Å². The summed E-state index contributed by atoms with van der Waals surface area (Å²) in [5.74, 6) is -0.274. The Bertz CT molecular complexity index is 1270. The van der Waals surface area contributed by atoms with Crippen LogP contribution in [-0.4, -0.2) is 24.2 Å². The van der Waals surface area contributed by atoms with E-state index >= 15 is 0 Å². The zero-order valence-corrected chi connectivity index (χ0v) is 19.3. The highest BCUT2D eigenvalue weighted by Crippen LogP contribution is 2.36.